The number of rotatable bonds is 5. The van der Waals surface area contributed by atoms with Crippen molar-refractivity contribution < 1.29 is 23.9 Å². The number of esters is 1. The van der Waals surface area contributed by atoms with E-state index in [4.69, 9.17) is 4.74 Å². The zero-order chi connectivity index (χ0) is 25.0. The van der Waals surface area contributed by atoms with Crippen molar-refractivity contribution in [2.75, 3.05) is 18.5 Å². The third-order valence-corrected chi connectivity index (χ3v) is 7.61. The molecule has 3 aromatic carbocycles. The van der Waals surface area contributed by atoms with Crippen LogP contribution in [0, 0.1) is 18.8 Å². The highest BCUT2D eigenvalue weighted by molar-refractivity contribution is 6.09. The van der Waals surface area contributed by atoms with E-state index in [1.54, 1.807) is 12.1 Å². The molecule has 1 fully saturated rings. The average molecular weight is 481 g/mol. The topological polar surface area (TPSA) is 92.8 Å². The van der Waals surface area contributed by atoms with Gasteiger partial charge in [0.05, 0.1) is 11.8 Å². The zero-order valence-corrected chi connectivity index (χ0v) is 19.6. The van der Waals surface area contributed by atoms with Crippen LogP contribution < -0.4 is 5.32 Å². The molecule has 7 rings (SSSR count). The number of hydrogen-bond acceptors (Lipinski definition) is 5. The van der Waals surface area contributed by atoms with E-state index in [9.17, 15) is 19.2 Å². The summed E-state index contributed by atoms with van der Waals surface area (Å²) in [5.41, 5.74) is 5.79. The van der Waals surface area contributed by atoms with Crippen LogP contribution in [0.3, 0.4) is 0 Å². The monoisotopic (exact) mass is 480 g/mol. The molecule has 0 radical (unpaired) electrons. The van der Waals surface area contributed by atoms with Gasteiger partial charge in [0.15, 0.2) is 6.61 Å². The van der Waals surface area contributed by atoms with E-state index in [0.29, 0.717) is 5.69 Å². The van der Waals surface area contributed by atoms with Gasteiger partial charge in [0.1, 0.15) is 6.54 Å². The number of likely N-dealkylation sites (tertiary alicyclic amines) is 1. The van der Waals surface area contributed by atoms with E-state index in [1.807, 2.05) is 67.6 Å². The highest BCUT2D eigenvalue weighted by Gasteiger charge is 2.61. The molecular weight excluding hydrogens is 456 g/mol. The Morgan fingerprint density at radius 3 is 1.75 bits per heavy atom. The maximum absolute atomic E-state index is 13.5. The summed E-state index contributed by atoms with van der Waals surface area (Å²) in [7, 11) is 0. The number of benzene rings is 3. The van der Waals surface area contributed by atoms with E-state index in [1.165, 1.54) is 0 Å². The molecule has 2 bridgehead atoms. The number of carbonyl (C=O) groups excluding carboxylic acids is 4. The number of imide groups is 1. The van der Waals surface area contributed by atoms with Crippen molar-refractivity contribution in [2.45, 2.75) is 18.8 Å². The Morgan fingerprint density at radius 1 is 0.778 bits per heavy atom. The molecule has 0 saturated carbocycles. The minimum Gasteiger partial charge on any atom is -0.454 e. The molecule has 7 heteroatoms. The lowest BCUT2D eigenvalue weighted by molar-refractivity contribution is -0.154. The molecule has 1 heterocycles. The zero-order valence-electron chi connectivity index (χ0n) is 19.6. The van der Waals surface area contributed by atoms with Gasteiger partial charge in [-0.05, 0) is 40.8 Å². The Labute approximate surface area is 208 Å². The molecule has 36 heavy (non-hydrogen) atoms. The molecule has 4 aliphatic rings. The quantitative estimate of drug-likeness (QED) is 0.447. The SMILES string of the molecule is Cc1ccccc1NC(=O)COC(=O)CN1C(=O)[C@@H]2C3c4ccccc4C(c4ccccc43)[C@H]2C1=O. The fourth-order valence-electron chi connectivity index (χ4n) is 6.12. The summed E-state index contributed by atoms with van der Waals surface area (Å²) in [5.74, 6) is -3.56. The van der Waals surface area contributed by atoms with Gasteiger partial charge in [0.2, 0.25) is 11.8 Å². The van der Waals surface area contributed by atoms with Crippen LogP contribution in [0.25, 0.3) is 0 Å². The summed E-state index contributed by atoms with van der Waals surface area (Å²) < 4.78 is 5.12. The van der Waals surface area contributed by atoms with E-state index >= 15 is 0 Å². The molecule has 2 atom stereocenters. The Bertz CT molecular complexity index is 1310. The molecule has 3 aromatic rings. The van der Waals surface area contributed by atoms with Crippen molar-refractivity contribution in [1.29, 1.82) is 0 Å². The first kappa shape index (κ1) is 22.2. The van der Waals surface area contributed by atoms with Crippen LogP contribution in [0.1, 0.15) is 39.7 Å². The van der Waals surface area contributed by atoms with Gasteiger partial charge in [-0.15, -0.1) is 0 Å². The first-order chi connectivity index (χ1) is 17.5. The number of carbonyl (C=O) groups is 4. The number of hydrogen-bond donors (Lipinski definition) is 1. The molecular formula is C29H24N2O5. The highest BCUT2D eigenvalue weighted by atomic mass is 16.5. The number of amides is 3. The third kappa shape index (κ3) is 3.34. The summed E-state index contributed by atoms with van der Waals surface area (Å²) in [4.78, 5) is 52.9. The van der Waals surface area contributed by atoms with Crippen LogP contribution in [0.2, 0.25) is 0 Å². The fourth-order valence-corrected chi connectivity index (χ4v) is 6.12. The van der Waals surface area contributed by atoms with Crippen molar-refractivity contribution in [2.24, 2.45) is 11.8 Å². The van der Waals surface area contributed by atoms with Gasteiger partial charge in [-0.3, -0.25) is 24.1 Å². The second kappa shape index (κ2) is 8.45. The molecule has 7 nitrogen and oxygen atoms in total. The number of nitrogens with one attached hydrogen (secondary N) is 1. The van der Waals surface area contributed by atoms with E-state index in [-0.39, 0.29) is 23.7 Å². The molecule has 1 N–H and O–H groups in total. The smallest absolute Gasteiger partial charge is 0.326 e. The van der Waals surface area contributed by atoms with Gasteiger partial charge in [0.25, 0.3) is 5.91 Å². The van der Waals surface area contributed by atoms with Gasteiger partial charge in [0, 0.05) is 17.5 Å². The molecule has 1 saturated heterocycles. The number of nitrogens with zero attached hydrogens (tertiary/aromatic N) is 1. The van der Waals surface area contributed by atoms with E-state index in [0.717, 1.165) is 32.7 Å². The van der Waals surface area contributed by atoms with Crippen LogP contribution in [0.4, 0.5) is 5.69 Å². The molecule has 3 aliphatic carbocycles. The Kier molecular flexibility index (Phi) is 5.21. The van der Waals surface area contributed by atoms with Crippen LogP contribution in [-0.2, 0) is 23.9 Å². The number of ether oxygens (including phenoxy) is 1. The standard InChI is InChI=1S/C29H24N2O5/c1-16-8-2-7-13-21(16)30-22(32)15-36-23(33)14-31-28(34)26-24-17-9-3-4-10-18(17)25(27(26)29(31)35)20-12-6-5-11-19(20)24/h2-13,24-27H,14-15H2,1H3,(H,30,32)/t24?,25?,26-,27-/m1/s1. The summed E-state index contributed by atoms with van der Waals surface area (Å²) in [6, 6.07) is 23.2. The fraction of sp³-hybridized carbons (Fsp3) is 0.241. The van der Waals surface area contributed by atoms with Gasteiger partial charge >= 0.3 is 5.97 Å². The number of para-hydroxylation sites is 1. The van der Waals surface area contributed by atoms with Crippen LogP contribution in [-0.4, -0.2) is 41.7 Å². The Hall–Kier alpha value is -4.26. The highest BCUT2D eigenvalue weighted by Crippen LogP contribution is 2.60. The van der Waals surface area contributed by atoms with Gasteiger partial charge in [-0.2, -0.15) is 0 Å². The third-order valence-electron chi connectivity index (χ3n) is 7.61. The first-order valence-electron chi connectivity index (χ1n) is 12.0. The van der Waals surface area contributed by atoms with Gasteiger partial charge in [-0.25, -0.2) is 0 Å². The summed E-state index contributed by atoms with van der Waals surface area (Å²) in [6.45, 7) is 0.849. The average Bonchev–Trinajstić information content (AvgIpc) is 3.14. The maximum atomic E-state index is 13.5. The van der Waals surface area contributed by atoms with Gasteiger partial charge in [-0.1, -0.05) is 66.7 Å². The normalized spacial score (nSPS) is 23.1. The molecule has 0 spiro atoms. The van der Waals surface area contributed by atoms with Crippen molar-refractivity contribution >= 4 is 29.4 Å². The largest absolute Gasteiger partial charge is 0.454 e. The minimum atomic E-state index is -0.794. The number of aryl methyl sites for hydroxylation is 1. The molecule has 180 valence electrons. The molecule has 0 unspecified atom stereocenters. The Balaban J connectivity index is 1.19. The molecule has 1 aliphatic heterocycles. The lowest BCUT2D eigenvalue weighted by Gasteiger charge is -2.45. The summed E-state index contributed by atoms with van der Waals surface area (Å²) in [5, 5.41) is 2.69. The second-order valence-electron chi connectivity index (χ2n) is 9.55. The summed E-state index contributed by atoms with van der Waals surface area (Å²) >= 11 is 0. The summed E-state index contributed by atoms with van der Waals surface area (Å²) in [6.07, 6.45) is 0. The van der Waals surface area contributed by atoms with E-state index in [2.05, 4.69) is 5.32 Å². The van der Waals surface area contributed by atoms with Gasteiger partial charge < -0.3 is 10.1 Å². The predicted molar refractivity (Wildman–Crippen MR) is 131 cm³/mol. The molecule has 0 aromatic heterocycles. The van der Waals surface area contributed by atoms with Crippen molar-refractivity contribution in [1.82, 2.24) is 4.90 Å². The van der Waals surface area contributed by atoms with Crippen molar-refractivity contribution in [3.05, 3.63) is 101 Å². The lowest BCUT2D eigenvalue weighted by atomic mass is 9.55. The first-order valence-corrected chi connectivity index (χ1v) is 12.0. The molecule has 3 amide bonds. The van der Waals surface area contributed by atoms with Crippen LogP contribution >= 0.6 is 0 Å². The van der Waals surface area contributed by atoms with Crippen LogP contribution in [0.5, 0.6) is 0 Å². The second-order valence-corrected chi connectivity index (χ2v) is 9.55. The van der Waals surface area contributed by atoms with Crippen molar-refractivity contribution in [3.63, 3.8) is 0 Å². The minimum absolute atomic E-state index is 0.232. The predicted octanol–water partition coefficient (Wildman–Crippen LogP) is 3.37. The van der Waals surface area contributed by atoms with Crippen LogP contribution in [0.15, 0.2) is 72.8 Å². The van der Waals surface area contributed by atoms with Crippen molar-refractivity contribution in [3.8, 4) is 0 Å². The number of anilines is 1. The van der Waals surface area contributed by atoms with E-state index < -0.39 is 36.9 Å². The Morgan fingerprint density at radius 2 is 1.25 bits per heavy atom. The lowest BCUT2D eigenvalue weighted by Crippen LogP contribution is -2.41. The maximum Gasteiger partial charge on any atom is 0.326 e.